The highest BCUT2D eigenvalue weighted by molar-refractivity contribution is 7.27. The molecule has 308 valence electrons. The number of thiophene rings is 1. The number of anilines is 3. The van der Waals surface area contributed by atoms with Gasteiger partial charge in [-0.15, -0.1) is 11.3 Å². The molecule has 0 N–H and O–H groups in total. The molecule has 12 aromatic carbocycles. The van der Waals surface area contributed by atoms with E-state index in [1.54, 1.807) is 0 Å². The first kappa shape index (κ1) is 38.2. The van der Waals surface area contributed by atoms with Crippen LogP contribution in [0.3, 0.4) is 0 Å². The second-order valence-corrected chi connectivity index (χ2v) is 18.2. The fourth-order valence-corrected chi connectivity index (χ4v) is 11.8. The Kier molecular flexibility index (Phi) is 9.11. The molecule has 0 saturated heterocycles. The van der Waals surface area contributed by atoms with Crippen LogP contribution in [0.5, 0.6) is 0 Å². The van der Waals surface area contributed by atoms with Crippen LogP contribution in [0.15, 0.2) is 249 Å². The standard InChI is InChI=1S/C64H41NS/c1-2-18-42(19-3-1)49-39-37-46(41-60(49)52-32-16-23-43-20-4-7-24-47(43)52)65(62-35-17-33-57-58-38-36-44-21-5-9-26-50(44)63(58)66-64(57)62)61-34-15-14-31-56(61)53-28-11-13-30-55(53)59-40-45-22-6-8-25-48(45)51-27-10-12-29-54(51)59/h1-41H. The van der Waals surface area contributed by atoms with Gasteiger partial charge in [0.1, 0.15) is 0 Å². The number of nitrogens with zero attached hydrogens (tertiary/aromatic N) is 1. The summed E-state index contributed by atoms with van der Waals surface area (Å²) in [5.74, 6) is 0. The molecule has 66 heavy (non-hydrogen) atoms. The molecule has 0 radical (unpaired) electrons. The summed E-state index contributed by atoms with van der Waals surface area (Å²) >= 11 is 1.90. The molecule has 1 nitrogen and oxygen atoms in total. The number of para-hydroxylation sites is 1. The maximum absolute atomic E-state index is 2.54. The molecule has 0 fully saturated rings. The van der Waals surface area contributed by atoms with Gasteiger partial charge in [0.2, 0.25) is 0 Å². The van der Waals surface area contributed by atoms with Crippen molar-refractivity contribution in [2.75, 3.05) is 4.90 Å². The van der Waals surface area contributed by atoms with Gasteiger partial charge in [0.05, 0.1) is 16.1 Å². The lowest BCUT2D eigenvalue weighted by Crippen LogP contribution is -2.12. The van der Waals surface area contributed by atoms with Crippen molar-refractivity contribution in [3.05, 3.63) is 249 Å². The van der Waals surface area contributed by atoms with Crippen LogP contribution in [0.1, 0.15) is 0 Å². The van der Waals surface area contributed by atoms with E-state index in [1.807, 2.05) is 11.3 Å². The Labute approximate surface area is 387 Å². The lowest BCUT2D eigenvalue weighted by Gasteiger charge is -2.30. The van der Waals surface area contributed by atoms with E-state index < -0.39 is 0 Å². The number of hydrogen-bond acceptors (Lipinski definition) is 2. The molecule has 0 atom stereocenters. The third kappa shape index (κ3) is 6.22. The first-order chi connectivity index (χ1) is 32.8. The Morgan fingerprint density at radius 1 is 0.242 bits per heavy atom. The van der Waals surface area contributed by atoms with Gasteiger partial charge in [0.15, 0.2) is 0 Å². The van der Waals surface area contributed by atoms with Gasteiger partial charge in [-0.3, -0.25) is 0 Å². The summed E-state index contributed by atoms with van der Waals surface area (Å²) in [4.78, 5) is 2.54. The van der Waals surface area contributed by atoms with E-state index in [0.29, 0.717) is 0 Å². The third-order valence-corrected chi connectivity index (χ3v) is 14.7. The zero-order valence-electron chi connectivity index (χ0n) is 36.0. The number of fused-ring (bicyclic) bond motifs is 9. The molecule has 2 heteroatoms. The lowest BCUT2D eigenvalue weighted by molar-refractivity contribution is 1.30. The molecule has 1 heterocycles. The van der Waals surface area contributed by atoms with E-state index in [2.05, 4.69) is 254 Å². The van der Waals surface area contributed by atoms with Gasteiger partial charge < -0.3 is 4.90 Å². The molecule has 13 rings (SSSR count). The van der Waals surface area contributed by atoms with Crippen LogP contribution in [0.4, 0.5) is 17.1 Å². The summed E-state index contributed by atoms with van der Waals surface area (Å²) in [7, 11) is 0. The van der Waals surface area contributed by atoms with Gasteiger partial charge >= 0.3 is 0 Å². The molecule has 0 aliphatic carbocycles. The van der Waals surface area contributed by atoms with Crippen molar-refractivity contribution < 1.29 is 0 Å². The van der Waals surface area contributed by atoms with Gasteiger partial charge in [-0.2, -0.15) is 0 Å². The fourth-order valence-electron chi connectivity index (χ4n) is 10.4. The molecule has 0 aliphatic rings. The van der Waals surface area contributed by atoms with Crippen LogP contribution in [0.25, 0.3) is 108 Å². The van der Waals surface area contributed by atoms with Crippen LogP contribution in [-0.2, 0) is 0 Å². The van der Waals surface area contributed by atoms with Gasteiger partial charge in [0.25, 0.3) is 0 Å². The minimum atomic E-state index is 1.09. The highest BCUT2D eigenvalue weighted by Crippen LogP contribution is 2.51. The molecule has 1 aromatic heterocycles. The van der Waals surface area contributed by atoms with E-state index >= 15 is 0 Å². The molecule has 0 unspecified atom stereocenters. The zero-order valence-corrected chi connectivity index (χ0v) is 36.8. The van der Waals surface area contributed by atoms with Gasteiger partial charge in [-0.1, -0.05) is 218 Å². The maximum Gasteiger partial charge on any atom is 0.0640 e. The van der Waals surface area contributed by atoms with Crippen LogP contribution in [-0.4, -0.2) is 0 Å². The highest BCUT2D eigenvalue weighted by Gasteiger charge is 2.25. The smallest absolute Gasteiger partial charge is 0.0640 e. The minimum absolute atomic E-state index is 1.09. The van der Waals surface area contributed by atoms with Gasteiger partial charge in [-0.25, -0.2) is 0 Å². The van der Waals surface area contributed by atoms with Crippen molar-refractivity contribution in [2.45, 2.75) is 0 Å². The average Bonchev–Trinajstić information content (AvgIpc) is 3.79. The van der Waals surface area contributed by atoms with E-state index in [0.717, 1.165) is 22.6 Å². The largest absolute Gasteiger partial charge is 0.308 e. The van der Waals surface area contributed by atoms with Crippen LogP contribution < -0.4 is 4.90 Å². The Bertz CT molecular complexity index is 4010. The Morgan fingerprint density at radius 3 is 1.61 bits per heavy atom. The summed E-state index contributed by atoms with van der Waals surface area (Å²) in [6.07, 6.45) is 0. The van der Waals surface area contributed by atoms with Gasteiger partial charge in [0, 0.05) is 26.7 Å². The minimum Gasteiger partial charge on any atom is -0.308 e. The second kappa shape index (κ2) is 15.7. The van der Waals surface area contributed by atoms with Crippen molar-refractivity contribution in [3.8, 4) is 44.5 Å². The summed E-state index contributed by atoms with van der Waals surface area (Å²) in [5, 5.41) is 12.6. The quantitative estimate of drug-likeness (QED) is 0.144. The van der Waals surface area contributed by atoms with Crippen LogP contribution >= 0.6 is 11.3 Å². The Hall–Kier alpha value is -8.30. The van der Waals surface area contributed by atoms with Gasteiger partial charge in [-0.05, 0) is 112 Å². The summed E-state index contributed by atoms with van der Waals surface area (Å²) in [6, 6.07) is 91.7. The normalized spacial score (nSPS) is 11.6. The van der Waals surface area contributed by atoms with Crippen molar-refractivity contribution in [2.24, 2.45) is 0 Å². The van der Waals surface area contributed by atoms with Crippen LogP contribution in [0, 0.1) is 0 Å². The van der Waals surface area contributed by atoms with Crippen molar-refractivity contribution >= 4 is 91.7 Å². The first-order valence-electron chi connectivity index (χ1n) is 22.7. The van der Waals surface area contributed by atoms with E-state index in [-0.39, 0.29) is 0 Å². The van der Waals surface area contributed by atoms with Crippen molar-refractivity contribution in [1.82, 2.24) is 0 Å². The molecule has 0 amide bonds. The monoisotopic (exact) mass is 855 g/mol. The third-order valence-electron chi connectivity index (χ3n) is 13.5. The predicted molar refractivity (Wildman–Crippen MR) is 286 cm³/mol. The second-order valence-electron chi connectivity index (χ2n) is 17.1. The van der Waals surface area contributed by atoms with Crippen LogP contribution in [0.2, 0.25) is 0 Å². The highest BCUT2D eigenvalue weighted by atomic mass is 32.1. The van der Waals surface area contributed by atoms with Crippen molar-refractivity contribution in [3.63, 3.8) is 0 Å². The predicted octanol–water partition coefficient (Wildman–Crippen LogP) is 18.8. The number of hydrogen-bond donors (Lipinski definition) is 0. The molecular weight excluding hydrogens is 815 g/mol. The topological polar surface area (TPSA) is 3.24 Å². The first-order valence-corrected chi connectivity index (χ1v) is 23.5. The molecular formula is C64H41NS. The Balaban J connectivity index is 1.11. The summed E-state index contributed by atoms with van der Waals surface area (Å²) in [5.41, 5.74) is 12.9. The fraction of sp³-hybridized carbons (Fsp3) is 0. The lowest BCUT2D eigenvalue weighted by atomic mass is 9.88. The van der Waals surface area contributed by atoms with E-state index in [1.165, 1.54) is 102 Å². The molecule has 0 bridgehead atoms. The zero-order chi connectivity index (χ0) is 43.6. The number of benzene rings is 12. The summed E-state index contributed by atoms with van der Waals surface area (Å²) < 4.78 is 2.57. The number of rotatable bonds is 7. The molecule has 13 aromatic rings. The van der Waals surface area contributed by atoms with E-state index in [9.17, 15) is 0 Å². The summed E-state index contributed by atoms with van der Waals surface area (Å²) in [6.45, 7) is 0. The Morgan fingerprint density at radius 2 is 0.788 bits per heavy atom. The maximum atomic E-state index is 2.54. The molecule has 0 saturated carbocycles. The van der Waals surface area contributed by atoms with E-state index in [4.69, 9.17) is 0 Å². The van der Waals surface area contributed by atoms with Crippen molar-refractivity contribution in [1.29, 1.82) is 0 Å². The SMILES string of the molecule is c1ccc(-c2ccc(N(c3ccccc3-c3ccccc3-c3cc4ccccc4c4ccccc34)c3cccc4c3sc3c5ccccc5ccc43)cc2-c2cccc3ccccc23)cc1. The molecule has 0 aliphatic heterocycles. The molecule has 0 spiro atoms. The average molecular weight is 856 g/mol.